The highest BCUT2D eigenvalue weighted by atomic mass is 35.5. The van der Waals surface area contributed by atoms with Gasteiger partial charge in [-0.25, -0.2) is 4.39 Å². The highest BCUT2D eigenvalue weighted by Crippen LogP contribution is 2.28. The van der Waals surface area contributed by atoms with E-state index in [1.807, 2.05) is 0 Å². The van der Waals surface area contributed by atoms with Crippen molar-refractivity contribution in [2.24, 2.45) is 0 Å². The number of hydrogen-bond donors (Lipinski definition) is 1. The van der Waals surface area contributed by atoms with Crippen LogP contribution in [0.25, 0.3) is 10.6 Å². The summed E-state index contributed by atoms with van der Waals surface area (Å²) in [5.41, 5.74) is 0.650. The van der Waals surface area contributed by atoms with E-state index in [1.54, 1.807) is 6.07 Å². The summed E-state index contributed by atoms with van der Waals surface area (Å²) >= 11 is 7.18. The van der Waals surface area contributed by atoms with E-state index in [4.69, 9.17) is 11.6 Å². The first-order valence-electron chi connectivity index (χ1n) is 5.23. The predicted molar refractivity (Wildman–Crippen MR) is 69.1 cm³/mol. The van der Waals surface area contributed by atoms with E-state index in [2.05, 4.69) is 22.4 Å². The fourth-order valence-corrected chi connectivity index (χ4v) is 2.30. The number of hydrogen-bond acceptors (Lipinski definition) is 4. The van der Waals surface area contributed by atoms with Gasteiger partial charge in [0.2, 0.25) is 5.13 Å². The van der Waals surface area contributed by atoms with Crippen molar-refractivity contribution in [3.63, 3.8) is 0 Å². The molecule has 0 amide bonds. The van der Waals surface area contributed by atoms with Crippen molar-refractivity contribution in [3.8, 4) is 10.6 Å². The molecule has 0 fully saturated rings. The lowest BCUT2D eigenvalue weighted by molar-refractivity contribution is 0.628. The second kappa shape index (κ2) is 5.42. The zero-order valence-corrected chi connectivity index (χ0v) is 10.8. The first-order chi connectivity index (χ1) is 8.19. The van der Waals surface area contributed by atoms with Crippen LogP contribution in [0.3, 0.4) is 0 Å². The van der Waals surface area contributed by atoms with E-state index in [-0.39, 0.29) is 5.82 Å². The van der Waals surface area contributed by atoms with Gasteiger partial charge in [0.1, 0.15) is 10.8 Å². The van der Waals surface area contributed by atoms with Crippen LogP contribution in [0, 0.1) is 5.82 Å². The molecule has 0 saturated carbocycles. The zero-order chi connectivity index (χ0) is 12.3. The van der Waals surface area contributed by atoms with Gasteiger partial charge >= 0.3 is 0 Å². The predicted octanol–water partition coefficient (Wildman–Crippen LogP) is 3.82. The van der Waals surface area contributed by atoms with Crippen LogP contribution in [0.5, 0.6) is 0 Å². The normalized spacial score (nSPS) is 10.5. The second-order valence-corrected chi connectivity index (χ2v) is 4.91. The van der Waals surface area contributed by atoms with Gasteiger partial charge in [-0.3, -0.25) is 0 Å². The quantitative estimate of drug-likeness (QED) is 0.919. The number of nitrogens with one attached hydrogen (secondary N) is 1. The maximum Gasteiger partial charge on any atom is 0.206 e. The van der Waals surface area contributed by atoms with Gasteiger partial charge in [-0.2, -0.15) is 0 Å². The van der Waals surface area contributed by atoms with E-state index in [0.717, 1.165) is 18.1 Å². The summed E-state index contributed by atoms with van der Waals surface area (Å²) in [6.45, 7) is 2.92. The summed E-state index contributed by atoms with van der Waals surface area (Å²) in [5.74, 6) is -0.370. The first-order valence-corrected chi connectivity index (χ1v) is 6.42. The van der Waals surface area contributed by atoms with Gasteiger partial charge in [0.25, 0.3) is 0 Å². The number of nitrogens with zero attached hydrogens (tertiary/aromatic N) is 2. The minimum absolute atomic E-state index is 0.360. The average Bonchev–Trinajstić information content (AvgIpc) is 2.73. The Hall–Kier alpha value is -1.20. The third kappa shape index (κ3) is 3.14. The van der Waals surface area contributed by atoms with Crippen molar-refractivity contribution in [3.05, 3.63) is 29.0 Å². The van der Waals surface area contributed by atoms with Crippen LogP contribution in [0.1, 0.15) is 13.3 Å². The van der Waals surface area contributed by atoms with Crippen LogP contribution in [0.15, 0.2) is 18.2 Å². The third-order valence-electron chi connectivity index (χ3n) is 2.06. The molecule has 0 radical (unpaired) electrons. The Morgan fingerprint density at radius 2 is 2.18 bits per heavy atom. The zero-order valence-electron chi connectivity index (χ0n) is 9.20. The molecule has 0 saturated heterocycles. The Labute approximate surface area is 108 Å². The summed E-state index contributed by atoms with van der Waals surface area (Å²) < 4.78 is 13.2. The first kappa shape index (κ1) is 12.3. The SMILES string of the molecule is CCCNc1nnc(-c2cc(F)cc(Cl)c2)s1. The molecular formula is C11H11ClFN3S. The van der Waals surface area contributed by atoms with Crippen LogP contribution in [0.4, 0.5) is 9.52 Å². The van der Waals surface area contributed by atoms with Crippen LogP contribution in [0.2, 0.25) is 5.02 Å². The highest BCUT2D eigenvalue weighted by Gasteiger charge is 2.08. The summed E-state index contributed by atoms with van der Waals surface area (Å²) in [5, 5.41) is 12.9. The molecule has 6 heteroatoms. The molecule has 2 aromatic rings. The van der Waals surface area contributed by atoms with Crippen LogP contribution >= 0.6 is 22.9 Å². The molecule has 2 rings (SSSR count). The van der Waals surface area contributed by atoms with Crippen molar-refractivity contribution in [2.75, 3.05) is 11.9 Å². The molecule has 3 nitrogen and oxygen atoms in total. The van der Waals surface area contributed by atoms with Crippen molar-refractivity contribution in [1.82, 2.24) is 10.2 Å². The fourth-order valence-electron chi connectivity index (χ4n) is 1.32. The van der Waals surface area contributed by atoms with Gasteiger partial charge in [-0.1, -0.05) is 29.9 Å². The van der Waals surface area contributed by atoms with Gasteiger partial charge in [-0.05, 0) is 24.6 Å². The lowest BCUT2D eigenvalue weighted by Crippen LogP contribution is -1.98. The fraction of sp³-hybridized carbons (Fsp3) is 0.273. The average molecular weight is 272 g/mol. The molecule has 0 aliphatic heterocycles. The van der Waals surface area contributed by atoms with Crippen molar-refractivity contribution in [2.45, 2.75) is 13.3 Å². The lowest BCUT2D eigenvalue weighted by Gasteiger charge is -1.97. The Balaban J connectivity index is 2.24. The second-order valence-electron chi connectivity index (χ2n) is 3.50. The molecule has 1 aromatic carbocycles. The summed E-state index contributed by atoms with van der Waals surface area (Å²) in [6, 6.07) is 4.34. The molecular weight excluding hydrogens is 261 g/mol. The van der Waals surface area contributed by atoms with Gasteiger partial charge in [0.15, 0.2) is 0 Å². The largest absolute Gasteiger partial charge is 0.360 e. The summed E-state index contributed by atoms with van der Waals surface area (Å²) in [7, 11) is 0. The number of rotatable bonds is 4. The Kier molecular flexibility index (Phi) is 3.91. The standard InChI is InChI=1S/C11H11ClFN3S/c1-2-3-14-11-16-15-10(17-11)7-4-8(12)6-9(13)5-7/h4-6H,2-3H2,1H3,(H,14,16). The molecule has 0 aliphatic carbocycles. The molecule has 0 spiro atoms. The van der Waals surface area contributed by atoms with E-state index < -0.39 is 0 Å². The number of halogens is 2. The van der Waals surface area contributed by atoms with E-state index in [1.165, 1.54) is 23.5 Å². The van der Waals surface area contributed by atoms with Crippen molar-refractivity contribution < 1.29 is 4.39 Å². The van der Waals surface area contributed by atoms with E-state index in [9.17, 15) is 4.39 Å². The van der Waals surface area contributed by atoms with Crippen LogP contribution in [-0.4, -0.2) is 16.7 Å². The van der Waals surface area contributed by atoms with Crippen LogP contribution in [-0.2, 0) is 0 Å². The maximum absolute atomic E-state index is 13.2. The van der Waals surface area contributed by atoms with Gasteiger partial charge < -0.3 is 5.32 Å². The topological polar surface area (TPSA) is 37.8 Å². The molecule has 90 valence electrons. The Bertz CT molecular complexity index is 495. The number of benzene rings is 1. The molecule has 1 N–H and O–H groups in total. The Morgan fingerprint density at radius 1 is 1.35 bits per heavy atom. The smallest absolute Gasteiger partial charge is 0.206 e. The van der Waals surface area contributed by atoms with Gasteiger partial charge in [-0.15, -0.1) is 10.2 Å². The van der Waals surface area contributed by atoms with Crippen molar-refractivity contribution in [1.29, 1.82) is 0 Å². The number of aromatic nitrogens is 2. The lowest BCUT2D eigenvalue weighted by atomic mass is 10.2. The van der Waals surface area contributed by atoms with Crippen molar-refractivity contribution >= 4 is 28.1 Å². The van der Waals surface area contributed by atoms with E-state index in [0.29, 0.717) is 15.6 Å². The highest BCUT2D eigenvalue weighted by molar-refractivity contribution is 7.18. The van der Waals surface area contributed by atoms with E-state index >= 15 is 0 Å². The minimum Gasteiger partial charge on any atom is -0.360 e. The monoisotopic (exact) mass is 271 g/mol. The molecule has 1 aromatic heterocycles. The number of anilines is 1. The molecule has 0 aliphatic rings. The van der Waals surface area contributed by atoms with Gasteiger partial charge in [0.05, 0.1) is 0 Å². The molecule has 17 heavy (non-hydrogen) atoms. The molecule has 0 unspecified atom stereocenters. The summed E-state index contributed by atoms with van der Waals surface area (Å²) in [6.07, 6.45) is 1.01. The minimum atomic E-state index is -0.370. The Morgan fingerprint density at radius 3 is 2.88 bits per heavy atom. The van der Waals surface area contributed by atoms with Crippen LogP contribution < -0.4 is 5.32 Å². The molecule has 0 atom stereocenters. The van der Waals surface area contributed by atoms with Gasteiger partial charge in [0, 0.05) is 17.1 Å². The molecule has 0 bridgehead atoms. The summed E-state index contributed by atoms with van der Waals surface area (Å²) in [4.78, 5) is 0. The third-order valence-corrected chi connectivity index (χ3v) is 3.21. The molecule has 1 heterocycles. The maximum atomic E-state index is 13.2.